The molecular weight excluding hydrogens is 404 g/mol. The molecule has 2 atom stereocenters. The number of rotatable bonds is 4. The molecule has 32 heavy (non-hydrogen) atoms. The summed E-state index contributed by atoms with van der Waals surface area (Å²) in [6.45, 7) is 2.79. The number of benzene rings is 3. The van der Waals surface area contributed by atoms with E-state index in [0.29, 0.717) is 23.7 Å². The number of hydrogen-bond donors (Lipinski definition) is 0. The number of carbonyl (C=O) groups is 2. The Morgan fingerprint density at radius 1 is 0.938 bits per heavy atom. The highest BCUT2D eigenvalue weighted by Gasteiger charge is 2.45. The lowest BCUT2D eigenvalue weighted by atomic mass is 9.91. The van der Waals surface area contributed by atoms with Crippen LogP contribution in [0.3, 0.4) is 0 Å². The highest BCUT2D eigenvalue weighted by molar-refractivity contribution is 6.25. The average Bonchev–Trinajstić information content (AvgIpc) is 3.11. The van der Waals surface area contributed by atoms with E-state index in [1.807, 2.05) is 54.6 Å². The van der Waals surface area contributed by atoms with Crippen LogP contribution in [0.5, 0.6) is 11.5 Å². The van der Waals surface area contributed by atoms with Gasteiger partial charge in [0.1, 0.15) is 0 Å². The maximum Gasteiger partial charge on any atom is 0.251 e. The van der Waals surface area contributed by atoms with Crippen molar-refractivity contribution in [3.63, 3.8) is 0 Å². The second-order valence-electron chi connectivity index (χ2n) is 8.36. The number of anilines is 1. The minimum atomic E-state index is -0.474. The molecule has 1 fully saturated rings. The molecule has 1 saturated heterocycles. The minimum Gasteiger partial charge on any atom is -0.493 e. The molecule has 5 rings (SSSR count). The molecule has 0 aromatic heterocycles. The summed E-state index contributed by atoms with van der Waals surface area (Å²) in [5, 5.41) is 1.92. The highest BCUT2D eigenvalue weighted by atomic mass is 16.5. The Hall–Kier alpha value is -3.38. The Morgan fingerprint density at radius 3 is 2.44 bits per heavy atom. The van der Waals surface area contributed by atoms with Crippen LogP contribution in [0.4, 0.5) is 5.69 Å². The van der Waals surface area contributed by atoms with Crippen LogP contribution in [0.1, 0.15) is 30.5 Å². The zero-order valence-corrected chi connectivity index (χ0v) is 18.5. The molecule has 6 nitrogen and oxygen atoms in total. The van der Waals surface area contributed by atoms with Crippen LogP contribution in [0.15, 0.2) is 54.6 Å². The van der Waals surface area contributed by atoms with Gasteiger partial charge in [-0.25, -0.2) is 4.90 Å². The quantitative estimate of drug-likeness (QED) is 0.583. The molecule has 2 aliphatic rings. The van der Waals surface area contributed by atoms with Crippen LogP contribution in [0.2, 0.25) is 0 Å². The first kappa shape index (κ1) is 20.5. The molecule has 2 amide bonds. The number of carbonyl (C=O) groups excluding carboxylic acids is 2. The van der Waals surface area contributed by atoms with E-state index in [2.05, 4.69) is 11.8 Å². The smallest absolute Gasteiger partial charge is 0.251 e. The van der Waals surface area contributed by atoms with Crippen molar-refractivity contribution in [2.45, 2.75) is 31.8 Å². The molecule has 0 spiro atoms. The lowest BCUT2D eigenvalue weighted by Gasteiger charge is -2.38. The number of amides is 2. The van der Waals surface area contributed by atoms with Crippen molar-refractivity contribution in [1.29, 1.82) is 0 Å². The van der Waals surface area contributed by atoms with Crippen LogP contribution in [-0.4, -0.2) is 43.5 Å². The van der Waals surface area contributed by atoms with Gasteiger partial charge in [0.05, 0.1) is 32.4 Å². The van der Waals surface area contributed by atoms with Gasteiger partial charge in [-0.2, -0.15) is 0 Å². The zero-order valence-electron chi connectivity index (χ0n) is 18.5. The average molecular weight is 431 g/mol. The number of methoxy groups -OCH3 is 2. The van der Waals surface area contributed by atoms with Gasteiger partial charge in [0.2, 0.25) is 5.91 Å². The Labute approximate surface area is 187 Å². The van der Waals surface area contributed by atoms with Crippen molar-refractivity contribution in [2.24, 2.45) is 0 Å². The van der Waals surface area contributed by atoms with Crippen LogP contribution >= 0.6 is 0 Å². The minimum absolute atomic E-state index is 0.0206. The van der Waals surface area contributed by atoms with Crippen molar-refractivity contribution in [2.75, 3.05) is 25.7 Å². The van der Waals surface area contributed by atoms with Gasteiger partial charge in [-0.15, -0.1) is 0 Å². The molecule has 0 unspecified atom stereocenters. The normalized spacial score (nSPS) is 21.2. The molecule has 2 aliphatic heterocycles. The number of imide groups is 1. The fraction of sp³-hybridized carbons (Fsp3) is 0.308. The molecule has 2 heterocycles. The summed E-state index contributed by atoms with van der Waals surface area (Å²) >= 11 is 0. The van der Waals surface area contributed by atoms with E-state index in [1.165, 1.54) is 10.5 Å². The number of nitrogens with zero attached hydrogens (tertiary/aromatic N) is 2. The molecule has 0 bridgehead atoms. The topological polar surface area (TPSA) is 59.1 Å². The first-order valence-corrected chi connectivity index (χ1v) is 10.9. The molecule has 0 radical (unpaired) electrons. The summed E-state index contributed by atoms with van der Waals surface area (Å²) in [5.41, 5.74) is 2.96. The lowest BCUT2D eigenvalue weighted by molar-refractivity contribution is -0.123. The van der Waals surface area contributed by atoms with E-state index in [0.717, 1.165) is 22.8 Å². The predicted octanol–water partition coefficient (Wildman–Crippen LogP) is 4.11. The second kappa shape index (κ2) is 7.95. The predicted molar refractivity (Wildman–Crippen MR) is 123 cm³/mol. The third-order valence-electron chi connectivity index (χ3n) is 6.76. The van der Waals surface area contributed by atoms with E-state index < -0.39 is 6.04 Å². The summed E-state index contributed by atoms with van der Waals surface area (Å²) in [5.74, 6) is 1.08. The molecule has 0 N–H and O–H groups in total. The van der Waals surface area contributed by atoms with Crippen LogP contribution in [0, 0.1) is 0 Å². The van der Waals surface area contributed by atoms with E-state index >= 15 is 0 Å². The third kappa shape index (κ3) is 3.14. The molecular formula is C26H26N2O4. The Bertz CT molecular complexity index is 1220. The van der Waals surface area contributed by atoms with Crippen molar-refractivity contribution >= 4 is 28.3 Å². The first-order valence-electron chi connectivity index (χ1n) is 10.9. The second-order valence-corrected chi connectivity index (χ2v) is 8.36. The number of hydrogen-bond acceptors (Lipinski definition) is 5. The lowest BCUT2D eigenvalue weighted by Crippen LogP contribution is -2.46. The Kier molecular flexibility index (Phi) is 5.10. The van der Waals surface area contributed by atoms with Crippen molar-refractivity contribution in [3.8, 4) is 11.5 Å². The largest absolute Gasteiger partial charge is 0.493 e. The van der Waals surface area contributed by atoms with E-state index in [1.54, 1.807) is 14.2 Å². The summed E-state index contributed by atoms with van der Waals surface area (Å²) in [6, 6.07) is 17.1. The fourth-order valence-corrected chi connectivity index (χ4v) is 5.12. The standard InChI is InChI=1S/C26H26N2O4/c1-16-20-14-24(32-3)23(31-2)13-18(20)11-12-27(16)22-15-25(29)28(26(22)30)21-10-6-8-17-7-4-5-9-19(17)21/h4-10,13-14,16,22H,11-12,15H2,1-3H3/t16-,22+/m1/s1. The van der Waals surface area contributed by atoms with Gasteiger partial charge in [-0.05, 0) is 48.1 Å². The van der Waals surface area contributed by atoms with Gasteiger partial charge >= 0.3 is 0 Å². The maximum atomic E-state index is 13.6. The van der Waals surface area contributed by atoms with Crippen LogP contribution in [0.25, 0.3) is 10.8 Å². The highest BCUT2D eigenvalue weighted by Crippen LogP contribution is 2.41. The molecule has 3 aromatic rings. The van der Waals surface area contributed by atoms with Gasteiger partial charge in [0.15, 0.2) is 11.5 Å². The summed E-state index contributed by atoms with van der Waals surface area (Å²) < 4.78 is 10.9. The number of ether oxygens (including phenoxy) is 2. The molecule has 164 valence electrons. The van der Waals surface area contributed by atoms with Crippen molar-refractivity contribution in [1.82, 2.24) is 4.90 Å². The third-order valence-corrected chi connectivity index (χ3v) is 6.76. The van der Waals surface area contributed by atoms with E-state index in [9.17, 15) is 9.59 Å². The SMILES string of the molecule is COc1cc2c(cc1OC)[C@@H](C)N([C@H]1CC(=O)N(c3cccc4ccccc34)C1=O)CC2. The monoisotopic (exact) mass is 430 g/mol. The van der Waals surface area contributed by atoms with Crippen molar-refractivity contribution in [3.05, 3.63) is 65.7 Å². The Morgan fingerprint density at radius 2 is 1.66 bits per heavy atom. The van der Waals surface area contributed by atoms with Gasteiger partial charge < -0.3 is 9.47 Å². The van der Waals surface area contributed by atoms with Gasteiger partial charge in [0.25, 0.3) is 5.91 Å². The van der Waals surface area contributed by atoms with Gasteiger partial charge in [-0.3, -0.25) is 14.5 Å². The number of fused-ring (bicyclic) bond motifs is 2. The Balaban J connectivity index is 1.48. The fourth-order valence-electron chi connectivity index (χ4n) is 5.12. The van der Waals surface area contributed by atoms with Gasteiger partial charge in [-0.1, -0.05) is 36.4 Å². The van der Waals surface area contributed by atoms with Gasteiger partial charge in [0, 0.05) is 18.0 Å². The summed E-state index contributed by atoms with van der Waals surface area (Å²) in [6.07, 6.45) is 0.973. The van der Waals surface area contributed by atoms with Crippen LogP contribution < -0.4 is 14.4 Å². The van der Waals surface area contributed by atoms with Crippen LogP contribution in [-0.2, 0) is 16.0 Å². The maximum absolute atomic E-state index is 13.6. The summed E-state index contributed by atoms with van der Waals surface area (Å²) in [4.78, 5) is 30.2. The molecule has 0 aliphatic carbocycles. The zero-order chi connectivity index (χ0) is 22.4. The summed E-state index contributed by atoms with van der Waals surface area (Å²) in [7, 11) is 3.25. The van der Waals surface area contributed by atoms with E-state index in [-0.39, 0.29) is 24.3 Å². The van der Waals surface area contributed by atoms with Crippen molar-refractivity contribution < 1.29 is 19.1 Å². The molecule has 3 aromatic carbocycles. The first-order chi connectivity index (χ1) is 15.5. The molecule has 0 saturated carbocycles. The molecule has 6 heteroatoms. The van der Waals surface area contributed by atoms with E-state index in [4.69, 9.17) is 9.47 Å².